The van der Waals surface area contributed by atoms with Gasteiger partial charge in [-0.15, -0.1) is 0 Å². The van der Waals surface area contributed by atoms with Crippen LogP contribution in [0.4, 0.5) is 5.69 Å². The summed E-state index contributed by atoms with van der Waals surface area (Å²) < 4.78 is 0. The minimum atomic E-state index is 0.122. The van der Waals surface area contributed by atoms with Crippen molar-refractivity contribution in [2.45, 2.75) is 32.6 Å². The SMILES string of the molecule is Cc1c(NC(=O)C2CCCC2)cccc1-c1ccccc1C#N. The van der Waals surface area contributed by atoms with Crippen LogP contribution in [0.3, 0.4) is 0 Å². The molecule has 1 aliphatic rings. The first-order valence-corrected chi connectivity index (χ1v) is 8.10. The van der Waals surface area contributed by atoms with Gasteiger partial charge in [-0.05, 0) is 48.6 Å². The van der Waals surface area contributed by atoms with Crippen LogP contribution in [-0.2, 0) is 4.79 Å². The molecule has 2 aromatic carbocycles. The second kappa shape index (κ2) is 6.66. The van der Waals surface area contributed by atoms with Gasteiger partial charge in [0.15, 0.2) is 0 Å². The topological polar surface area (TPSA) is 52.9 Å². The van der Waals surface area contributed by atoms with E-state index < -0.39 is 0 Å². The van der Waals surface area contributed by atoms with Gasteiger partial charge in [0.1, 0.15) is 0 Å². The Kier molecular flexibility index (Phi) is 4.43. The molecule has 1 N–H and O–H groups in total. The first-order chi connectivity index (χ1) is 11.2. The molecule has 0 atom stereocenters. The highest BCUT2D eigenvalue weighted by Gasteiger charge is 2.23. The van der Waals surface area contributed by atoms with Crippen molar-refractivity contribution in [3.05, 3.63) is 53.6 Å². The Balaban J connectivity index is 1.92. The van der Waals surface area contributed by atoms with Gasteiger partial charge in [0.05, 0.1) is 11.6 Å². The molecule has 3 rings (SSSR count). The lowest BCUT2D eigenvalue weighted by Crippen LogP contribution is -2.20. The summed E-state index contributed by atoms with van der Waals surface area (Å²) >= 11 is 0. The molecular weight excluding hydrogens is 284 g/mol. The minimum absolute atomic E-state index is 0.122. The van der Waals surface area contributed by atoms with Gasteiger partial charge in [-0.25, -0.2) is 0 Å². The van der Waals surface area contributed by atoms with Gasteiger partial charge in [-0.1, -0.05) is 43.2 Å². The van der Waals surface area contributed by atoms with E-state index in [9.17, 15) is 10.1 Å². The number of hydrogen-bond acceptors (Lipinski definition) is 2. The molecule has 0 saturated heterocycles. The second-order valence-electron chi connectivity index (χ2n) is 6.11. The van der Waals surface area contributed by atoms with Crippen molar-refractivity contribution < 1.29 is 4.79 Å². The van der Waals surface area contributed by atoms with Crippen LogP contribution >= 0.6 is 0 Å². The van der Waals surface area contributed by atoms with Gasteiger partial charge >= 0.3 is 0 Å². The highest BCUT2D eigenvalue weighted by atomic mass is 16.1. The maximum Gasteiger partial charge on any atom is 0.227 e. The number of hydrogen-bond donors (Lipinski definition) is 1. The zero-order valence-electron chi connectivity index (χ0n) is 13.3. The van der Waals surface area contributed by atoms with Crippen molar-refractivity contribution in [3.63, 3.8) is 0 Å². The maximum absolute atomic E-state index is 12.4. The number of amides is 1. The van der Waals surface area contributed by atoms with Crippen molar-refractivity contribution in [2.24, 2.45) is 5.92 Å². The Morgan fingerprint density at radius 3 is 2.52 bits per heavy atom. The predicted octanol–water partition coefficient (Wildman–Crippen LogP) is 4.66. The number of nitrogens with one attached hydrogen (secondary N) is 1. The molecule has 0 heterocycles. The quantitative estimate of drug-likeness (QED) is 0.896. The molecule has 1 aliphatic carbocycles. The summed E-state index contributed by atoms with van der Waals surface area (Å²) in [6.45, 7) is 1.99. The molecule has 3 heteroatoms. The molecule has 0 aromatic heterocycles. The normalized spacial score (nSPS) is 14.4. The number of benzene rings is 2. The van der Waals surface area contributed by atoms with Gasteiger partial charge in [-0.3, -0.25) is 4.79 Å². The van der Waals surface area contributed by atoms with Crippen LogP contribution in [0.25, 0.3) is 11.1 Å². The lowest BCUT2D eigenvalue weighted by molar-refractivity contribution is -0.119. The lowest BCUT2D eigenvalue weighted by Gasteiger charge is -2.15. The van der Waals surface area contributed by atoms with Crippen LogP contribution in [-0.4, -0.2) is 5.91 Å². The van der Waals surface area contributed by atoms with Crippen molar-refractivity contribution in [2.75, 3.05) is 5.32 Å². The highest BCUT2D eigenvalue weighted by Crippen LogP contribution is 2.32. The Morgan fingerprint density at radius 2 is 1.78 bits per heavy atom. The van der Waals surface area contributed by atoms with E-state index in [0.717, 1.165) is 48.1 Å². The second-order valence-corrected chi connectivity index (χ2v) is 6.11. The Morgan fingerprint density at radius 1 is 1.09 bits per heavy atom. The standard InChI is InChI=1S/C20H20N2O/c1-14-17(18-10-5-4-9-16(18)13-21)11-6-12-19(14)22-20(23)15-7-2-3-8-15/h4-6,9-12,15H,2-3,7-8H2,1H3,(H,22,23). The van der Waals surface area contributed by atoms with E-state index in [-0.39, 0.29) is 11.8 Å². The minimum Gasteiger partial charge on any atom is -0.326 e. The molecule has 0 bridgehead atoms. The summed E-state index contributed by atoms with van der Waals surface area (Å²) in [6, 6.07) is 15.7. The molecule has 1 amide bonds. The summed E-state index contributed by atoms with van der Waals surface area (Å²) in [6.07, 6.45) is 4.27. The summed E-state index contributed by atoms with van der Waals surface area (Å²) in [5.41, 5.74) is 4.39. The number of carbonyl (C=O) groups excluding carboxylic acids is 1. The van der Waals surface area contributed by atoms with Crippen LogP contribution in [0.15, 0.2) is 42.5 Å². The zero-order valence-corrected chi connectivity index (χ0v) is 13.3. The molecule has 0 unspecified atom stereocenters. The van der Waals surface area contributed by atoms with Crippen molar-refractivity contribution >= 4 is 11.6 Å². The fourth-order valence-corrected chi connectivity index (χ4v) is 3.30. The van der Waals surface area contributed by atoms with Crippen LogP contribution in [0, 0.1) is 24.2 Å². The first-order valence-electron chi connectivity index (χ1n) is 8.10. The number of rotatable bonds is 3. The van der Waals surface area contributed by atoms with Gasteiger partial charge < -0.3 is 5.32 Å². The monoisotopic (exact) mass is 304 g/mol. The lowest BCUT2D eigenvalue weighted by atomic mass is 9.95. The van der Waals surface area contributed by atoms with E-state index in [0.29, 0.717) is 5.56 Å². The smallest absolute Gasteiger partial charge is 0.227 e. The average molecular weight is 304 g/mol. The van der Waals surface area contributed by atoms with E-state index in [1.165, 1.54) is 0 Å². The van der Waals surface area contributed by atoms with Gasteiger partial charge in [-0.2, -0.15) is 5.26 Å². The van der Waals surface area contributed by atoms with Crippen molar-refractivity contribution in [1.29, 1.82) is 5.26 Å². The molecule has 0 spiro atoms. The number of nitriles is 1. The fourth-order valence-electron chi connectivity index (χ4n) is 3.30. The van der Waals surface area contributed by atoms with Gasteiger partial charge in [0.2, 0.25) is 5.91 Å². The summed E-state index contributed by atoms with van der Waals surface area (Å²) in [7, 11) is 0. The third kappa shape index (κ3) is 3.12. The number of carbonyl (C=O) groups is 1. The predicted molar refractivity (Wildman–Crippen MR) is 91.9 cm³/mol. The van der Waals surface area contributed by atoms with Gasteiger partial charge in [0.25, 0.3) is 0 Å². The third-order valence-corrected chi connectivity index (χ3v) is 4.66. The summed E-state index contributed by atoms with van der Waals surface area (Å²) in [5.74, 6) is 0.265. The highest BCUT2D eigenvalue weighted by molar-refractivity contribution is 5.94. The molecule has 116 valence electrons. The zero-order chi connectivity index (χ0) is 16.2. The first kappa shape index (κ1) is 15.3. The summed E-state index contributed by atoms with van der Waals surface area (Å²) in [4.78, 5) is 12.4. The Labute approximate surface area is 137 Å². The van der Waals surface area contributed by atoms with E-state index in [2.05, 4.69) is 11.4 Å². The van der Waals surface area contributed by atoms with Crippen molar-refractivity contribution in [3.8, 4) is 17.2 Å². The molecule has 23 heavy (non-hydrogen) atoms. The Hall–Kier alpha value is -2.60. The van der Waals surface area contributed by atoms with E-state index in [1.807, 2.05) is 49.4 Å². The molecular formula is C20H20N2O. The van der Waals surface area contributed by atoms with Gasteiger partial charge in [0, 0.05) is 11.6 Å². The Bertz CT molecular complexity index is 767. The molecule has 1 saturated carbocycles. The molecule has 2 aromatic rings. The van der Waals surface area contributed by atoms with Crippen LogP contribution in [0.2, 0.25) is 0 Å². The number of anilines is 1. The third-order valence-electron chi connectivity index (χ3n) is 4.66. The number of nitrogens with zero attached hydrogens (tertiary/aromatic N) is 1. The van der Waals surface area contributed by atoms with Crippen LogP contribution < -0.4 is 5.32 Å². The molecule has 3 nitrogen and oxygen atoms in total. The largest absolute Gasteiger partial charge is 0.326 e. The molecule has 1 fully saturated rings. The van der Waals surface area contributed by atoms with Crippen molar-refractivity contribution in [1.82, 2.24) is 0 Å². The van der Waals surface area contributed by atoms with E-state index in [1.54, 1.807) is 0 Å². The van der Waals surface area contributed by atoms with Crippen LogP contribution in [0.1, 0.15) is 36.8 Å². The molecule has 0 radical (unpaired) electrons. The van der Waals surface area contributed by atoms with E-state index >= 15 is 0 Å². The average Bonchev–Trinajstić information content (AvgIpc) is 3.11. The van der Waals surface area contributed by atoms with E-state index in [4.69, 9.17) is 0 Å². The fraction of sp³-hybridized carbons (Fsp3) is 0.300. The molecule has 0 aliphatic heterocycles. The van der Waals surface area contributed by atoms with Crippen LogP contribution in [0.5, 0.6) is 0 Å². The summed E-state index contributed by atoms with van der Waals surface area (Å²) in [5, 5.41) is 12.4. The maximum atomic E-state index is 12.4.